The van der Waals surface area contributed by atoms with Crippen molar-refractivity contribution < 1.29 is 15.0 Å². The number of unbranched alkanes of at least 4 members (excludes halogenated alkanes) is 1. The second-order valence-electron chi connectivity index (χ2n) is 4.69. The predicted molar refractivity (Wildman–Crippen MR) is 82.2 cm³/mol. The molecule has 0 aliphatic carbocycles. The number of hydrogen-bond donors (Lipinski definition) is 3. The molecule has 0 aliphatic heterocycles. The molecule has 4 heteroatoms. The molecule has 1 atom stereocenters. The minimum absolute atomic E-state index is 0.0301. The number of hydrogen-bond acceptors (Lipinski definition) is 3. The van der Waals surface area contributed by atoms with Gasteiger partial charge in [0.05, 0.1) is 6.61 Å². The number of aliphatic hydroxyl groups excluding tert-OH is 1. The highest BCUT2D eigenvalue weighted by Crippen LogP contribution is 1.98. The average molecular weight is 279 g/mol. The fraction of sp³-hybridized carbons (Fsp3) is 0.438. The molecule has 4 nitrogen and oxygen atoms in total. The summed E-state index contributed by atoms with van der Waals surface area (Å²) in [4.78, 5) is 11.4. The Labute approximate surface area is 121 Å². The lowest BCUT2D eigenvalue weighted by Gasteiger charge is -2.19. The number of carbonyl (C=O) groups is 1. The van der Waals surface area contributed by atoms with Crippen LogP contribution in [0.1, 0.15) is 26.7 Å². The summed E-state index contributed by atoms with van der Waals surface area (Å²) in [5.41, 5.74) is -1.27. The first kappa shape index (κ1) is 18.4. The SMILES string of the molecule is CC=CC=CC=CCCC=CC(=O)NC[C@@](C)(O)CO. The van der Waals surface area contributed by atoms with Gasteiger partial charge >= 0.3 is 0 Å². The Morgan fingerprint density at radius 1 is 1.15 bits per heavy atom. The number of rotatable bonds is 9. The van der Waals surface area contributed by atoms with Crippen LogP contribution < -0.4 is 5.32 Å². The maximum Gasteiger partial charge on any atom is 0.243 e. The second-order valence-corrected chi connectivity index (χ2v) is 4.69. The van der Waals surface area contributed by atoms with Crippen LogP contribution in [0.4, 0.5) is 0 Å². The summed E-state index contributed by atoms with van der Waals surface area (Å²) in [6.45, 7) is 3.07. The Hall–Kier alpha value is -1.65. The number of amides is 1. The van der Waals surface area contributed by atoms with Gasteiger partial charge in [-0.1, -0.05) is 42.5 Å². The molecule has 112 valence electrons. The van der Waals surface area contributed by atoms with Crippen LogP contribution >= 0.6 is 0 Å². The number of carbonyl (C=O) groups excluding carboxylic acids is 1. The first-order valence-corrected chi connectivity index (χ1v) is 6.74. The van der Waals surface area contributed by atoms with Crippen molar-refractivity contribution >= 4 is 5.91 Å². The van der Waals surface area contributed by atoms with Crippen LogP contribution in [0.25, 0.3) is 0 Å². The molecular formula is C16H25NO3. The number of nitrogens with one attached hydrogen (secondary N) is 1. The van der Waals surface area contributed by atoms with Crippen LogP contribution in [0.5, 0.6) is 0 Å². The zero-order valence-electron chi connectivity index (χ0n) is 12.2. The maximum atomic E-state index is 11.4. The van der Waals surface area contributed by atoms with Gasteiger partial charge in [-0.3, -0.25) is 4.79 Å². The largest absolute Gasteiger partial charge is 0.393 e. The van der Waals surface area contributed by atoms with E-state index >= 15 is 0 Å². The van der Waals surface area contributed by atoms with E-state index in [4.69, 9.17) is 5.11 Å². The summed E-state index contributed by atoms with van der Waals surface area (Å²) in [6.07, 6.45) is 16.7. The highest BCUT2D eigenvalue weighted by molar-refractivity contribution is 5.87. The Bertz CT molecular complexity index is 379. The van der Waals surface area contributed by atoms with E-state index in [0.29, 0.717) is 0 Å². The summed E-state index contributed by atoms with van der Waals surface area (Å²) >= 11 is 0. The Morgan fingerprint density at radius 3 is 2.45 bits per heavy atom. The molecular weight excluding hydrogens is 254 g/mol. The van der Waals surface area contributed by atoms with Gasteiger partial charge in [-0.05, 0) is 32.8 Å². The molecule has 0 aromatic carbocycles. The summed E-state index contributed by atoms with van der Waals surface area (Å²) in [6, 6.07) is 0. The van der Waals surface area contributed by atoms with Gasteiger partial charge in [0, 0.05) is 6.54 Å². The van der Waals surface area contributed by atoms with E-state index < -0.39 is 5.60 Å². The van der Waals surface area contributed by atoms with Crippen molar-refractivity contribution in [2.75, 3.05) is 13.2 Å². The second kappa shape index (κ2) is 11.2. The van der Waals surface area contributed by atoms with Crippen molar-refractivity contribution in [2.45, 2.75) is 32.3 Å². The zero-order chi connectivity index (χ0) is 15.3. The molecule has 0 unspecified atom stereocenters. The Morgan fingerprint density at radius 2 is 1.80 bits per heavy atom. The van der Waals surface area contributed by atoms with Crippen LogP contribution in [-0.4, -0.2) is 34.9 Å². The van der Waals surface area contributed by atoms with Crippen molar-refractivity contribution in [1.29, 1.82) is 0 Å². The monoisotopic (exact) mass is 279 g/mol. The molecule has 0 fully saturated rings. The fourth-order valence-corrected chi connectivity index (χ4v) is 1.19. The van der Waals surface area contributed by atoms with E-state index in [9.17, 15) is 9.90 Å². The smallest absolute Gasteiger partial charge is 0.243 e. The Balaban J connectivity index is 3.77. The quantitative estimate of drug-likeness (QED) is 0.343. The molecule has 0 aromatic heterocycles. The molecule has 0 rings (SSSR count). The van der Waals surface area contributed by atoms with Gasteiger partial charge in [0.1, 0.15) is 5.60 Å². The van der Waals surface area contributed by atoms with Gasteiger partial charge in [-0.15, -0.1) is 0 Å². The van der Waals surface area contributed by atoms with E-state index in [1.807, 2.05) is 43.4 Å². The van der Waals surface area contributed by atoms with Crippen LogP contribution in [0.15, 0.2) is 48.6 Å². The molecule has 3 N–H and O–H groups in total. The summed E-state index contributed by atoms with van der Waals surface area (Å²) < 4.78 is 0. The van der Waals surface area contributed by atoms with Crippen molar-refractivity contribution in [3.05, 3.63) is 48.6 Å². The first-order chi connectivity index (χ1) is 9.52. The molecule has 0 spiro atoms. The van der Waals surface area contributed by atoms with Crippen LogP contribution in [-0.2, 0) is 4.79 Å². The molecule has 0 heterocycles. The molecule has 0 radical (unpaired) electrons. The molecule has 20 heavy (non-hydrogen) atoms. The van der Waals surface area contributed by atoms with Gasteiger partial charge in [-0.2, -0.15) is 0 Å². The topological polar surface area (TPSA) is 69.6 Å². The number of aliphatic hydroxyl groups is 2. The minimum atomic E-state index is -1.27. The third kappa shape index (κ3) is 11.4. The molecule has 0 saturated carbocycles. The summed E-state index contributed by atoms with van der Waals surface area (Å²) in [7, 11) is 0. The van der Waals surface area contributed by atoms with E-state index in [2.05, 4.69) is 5.32 Å². The lowest BCUT2D eigenvalue weighted by molar-refractivity contribution is -0.118. The van der Waals surface area contributed by atoms with Gasteiger partial charge in [0.15, 0.2) is 0 Å². The van der Waals surface area contributed by atoms with Crippen LogP contribution in [0.3, 0.4) is 0 Å². The fourth-order valence-electron chi connectivity index (χ4n) is 1.19. The lowest BCUT2D eigenvalue weighted by Crippen LogP contribution is -2.42. The highest BCUT2D eigenvalue weighted by atomic mass is 16.3. The van der Waals surface area contributed by atoms with E-state index in [0.717, 1.165) is 12.8 Å². The summed E-state index contributed by atoms with van der Waals surface area (Å²) in [5.74, 6) is -0.268. The van der Waals surface area contributed by atoms with Crippen molar-refractivity contribution in [3.63, 3.8) is 0 Å². The van der Waals surface area contributed by atoms with Gasteiger partial charge < -0.3 is 15.5 Å². The van der Waals surface area contributed by atoms with Gasteiger partial charge in [0.2, 0.25) is 5.91 Å². The normalized spacial score (nSPS) is 15.6. The van der Waals surface area contributed by atoms with Crippen LogP contribution in [0, 0.1) is 0 Å². The lowest BCUT2D eigenvalue weighted by atomic mass is 10.1. The van der Waals surface area contributed by atoms with Gasteiger partial charge in [-0.25, -0.2) is 0 Å². The van der Waals surface area contributed by atoms with Crippen molar-refractivity contribution in [3.8, 4) is 0 Å². The third-order valence-electron chi connectivity index (χ3n) is 2.42. The highest BCUT2D eigenvalue weighted by Gasteiger charge is 2.18. The average Bonchev–Trinajstić information content (AvgIpc) is 2.43. The van der Waals surface area contributed by atoms with Crippen molar-refractivity contribution in [1.82, 2.24) is 5.32 Å². The maximum absolute atomic E-state index is 11.4. The molecule has 0 saturated heterocycles. The number of allylic oxidation sites excluding steroid dienone is 7. The Kier molecular flexibility index (Phi) is 10.3. The van der Waals surface area contributed by atoms with Gasteiger partial charge in [0.25, 0.3) is 0 Å². The predicted octanol–water partition coefficient (Wildman–Crippen LogP) is 1.87. The van der Waals surface area contributed by atoms with E-state index in [1.165, 1.54) is 13.0 Å². The van der Waals surface area contributed by atoms with Crippen molar-refractivity contribution in [2.24, 2.45) is 0 Å². The molecule has 0 aliphatic rings. The van der Waals surface area contributed by atoms with E-state index in [1.54, 1.807) is 6.08 Å². The standard InChI is InChI=1S/C16H25NO3/c1-3-4-5-6-7-8-9-10-11-12-15(19)17-13-16(2,20)14-18/h3-8,11-12,18,20H,9-10,13-14H2,1-2H3,(H,17,19)/t16-/m1/s1. The molecule has 0 aromatic rings. The van der Waals surface area contributed by atoms with E-state index in [-0.39, 0.29) is 19.1 Å². The minimum Gasteiger partial charge on any atom is -0.393 e. The zero-order valence-corrected chi connectivity index (χ0v) is 12.2. The molecule has 1 amide bonds. The first-order valence-electron chi connectivity index (χ1n) is 6.74. The van der Waals surface area contributed by atoms with Crippen LogP contribution in [0.2, 0.25) is 0 Å². The third-order valence-corrected chi connectivity index (χ3v) is 2.42. The molecule has 0 bridgehead atoms. The summed E-state index contributed by atoms with van der Waals surface area (Å²) in [5, 5.41) is 20.8.